The molecule has 2 aromatic heterocycles. The maximum atomic E-state index is 10.2. The van der Waals surface area contributed by atoms with Gasteiger partial charge in [0.15, 0.2) is 0 Å². The first kappa shape index (κ1) is 17.7. The first-order chi connectivity index (χ1) is 12.6. The van der Waals surface area contributed by atoms with Crippen LogP contribution in [0.3, 0.4) is 0 Å². The molecule has 0 bridgehead atoms. The lowest BCUT2D eigenvalue weighted by atomic mass is 10.0. The van der Waals surface area contributed by atoms with E-state index in [-0.39, 0.29) is 12.7 Å². The lowest BCUT2D eigenvalue weighted by Crippen LogP contribution is -2.26. The highest BCUT2D eigenvalue weighted by Crippen LogP contribution is 2.42. The van der Waals surface area contributed by atoms with Gasteiger partial charge < -0.3 is 14.9 Å². The number of thiophene rings is 1. The summed E-state index contributed by atoms with van der Waals surface area (Å²) >= 11 is 7.87. The van der Waals surface area contributed by atoms with Gasteiger partial charge in [-0.1, -0.05) is 11.6 Å². The lowest BCUT2D eigenvalue weighted by Gasteiger charge is -2.22. The van der Waals surface area contributed by atoms with Crippen molar-refractivity contribution in [2.45, 2.75) is 45.0 Å². The number of hydrogen-bond acceptors (Lipinski definition) is 5. The molecule has 2 heterocycles. The van der Waals surface area contributed by atoms with Gasteiger partial charge >= 0.3 is 0 Å². The third kappa shape index (κ3) is 3.21. The second-order valence-electron chi connectivity index (χ2n) is 6.70. The van der Waals surface area contributed by atoms with E-state index in [1.807, 2.05) is 31.2 Å². The minimum Gasteiger partial charge on any atom is -0.487 e. The molecule has 0 aliphatic heterocycles. The summed E-state index contributed by atoms with van der Waals surface area (Å²) in [5.41, 5.74) is 3.66. The summed E-state index contributed by atoms with van der Waals surface area (Å²) in [6.07, 6.45) is 3.73. The van der Waals surface area contributed by atoms with Crippen molar-refractivity contribution in [1.82, 2.24) is 4.98 Å². The van der Waals surface area contributed by atoms with Gasteiger partial charge in [-0.15, -0.1) is 11.3 Å². The van der Waals surface area contributed by atoms with Crippen LogP contribution in [-0.2, 0) is 6.61 Å². The van der Waals surface area contributed by atoms with E-state index in [9.17, 15) is 10.2 Å². The van der Waals surface area contributed by atoms with Gasteiger partial charge in [0.25, 0.3) is 0 Å². The van der Waals surface area contributed by atoms with Crippen LogP contribution in [0.4, 0.5) is 0 Å². The molecule has 2 atom stereocenters. The quantitative estimate of drug-likeness (QED) is 0.678. The highest BCUT2D eigenvalue weighted by atomic mass is 35.5. The Morgan fingerprint density at radius 2 is 2.12 bits per heavy atom. The molecule has 1 saturated carbocycles. The van der Waals surface area contributed by atoms with Crippen molar-refractivity contribution in [2.75, 3.05) is 0 Å². The van der Waals surface area contributed by atoms with Crippen LogP contribution in [0.5, 0.6) is 5.75 Å². The Kier molecular flexibility index (Phi) is 4.88. The van der Waals surface area contributed by atoms with E-state index in [4.69, 9.17) is 16.3 Å². The zero-order valence-corrected chi connectivity index (χ0v) is 16.0. The number of aryl methyl sites for hydroxylation is 1. The molecular weight excluding hydrogens is 370 g/mol. The molecule has 1 aromatic carbocycles. The Hall–Kier alpha value is -1.66. The average Bonchev–Trinajstić information content (AvgIpc) is 3.22. The SMILES string of the molecule is Cc1cc(Cl)cc(-c2ccnc3cc(CO)sc23)c1O[C@@H]1CCC[C@@H]1O. The van der Waals surface area contributed by atoms with Crippen molar-refractivity contribution in [2.24, 2.45) is 0 Å². The third-order valence-corrected chi connectivity index (χ3v) is 6.20. The van der Waals surface area contributed by atoms with Crippen LogP contribution in [0.2, 0.25) is 5.02 Å². The van der Waals surface area contributed by atoms with Crippen LogP contribution in [0, 0.1) is 6.92 Å². The number of fused-ring (bicyclic) bond motifs is 1. The van der Waals surface area contributed by atoms with Crippen LogP contribution in [-0.4, -0.2) is 27.4 Å². The zero-order chi connectivity index (χ0) is 18.3. The van der Waals surface area contributed by atoms with E-state index in [2.05, 4.69) is 4.98 Å². The number of aliphatic hydroxyl groups excluding tert-OH is 2. The van der Waals surface area contributed by atoms with Gasteiger partial charge in [-0.25, -0.2) is 0 Å². The van der Waals surface area contributed by atoms with Gasteiger partial charge in [0, 0.05) is 27.2 Å². The molecule has 1 fully saturated rings. The Morgan fingerprint density at radius 3 is 2.85 bits per heavy atom. The van der Waals surface area contributed by atoms with E-state index < -0.39 is 6.10 Å². The second-order valence-corrected chi connectivity index (χ2v) is 8.27. The fourth-order valence-corrected chi connectivity index (χ4v) is 4.83. The van der Waals surface area contributed by atoms with E-state index in [1.165, 1.54) is 11.3 Å². The summed E-state index contributed by atoms with van der Waals surface area (Å²) in [6.45, 7) is 1.96. The molecule has 4 rings (SSSR count). The molecule has 0 amide bonds. The van der Waals surface area contributed by atoms with Gasteiger partial charge in [0.2, 0.25) is 0 Å². The van der Waals surface area contributed by atoms with E-state index >= 15 is 0 Å². The summed E-state index contributed by atoms with van der Waals surface area (Å²) in [7, 11) is 0. The Labute approximate surface area is 161 Å². The molecule has 3 aromatic rings. The Bertz CT molecular complexity index is 956. The number of nitrogens with zero attached hydrogens (tertiary/aromatic N) is 1. The number of ether oxygens (including phenoxy) is 1. The smallest absolute Gasteiger partial charge is 0.130 e. The monoisotopic (exact) mass is 389 g/mol. The zero-order valence-electron chi connectivity index (χ0n) is 14.4. The number of benzene rings is 1. The molecule has 26 heavy (non-hydrogen) atoms. The second kappa shape index (κ2) is 7.16. The normalized spacial score (nSPS) is 20.0. The largest absolute Gasteiger partial charge is 0.487 e. The van der Waals surface area contributed by atoms with Crippen molar-refractivity contribution in [3.63, 3.8) is 0 Å². The lowest BCUT2D eigenvalue weighted by molar-refractivity contribution is 0.0603. The van der Waals surface area contributed by atoms with Gasteiger partial charge in [-0.3, -0.25) is 4.98 Å². The predicted molar refractivity (Wildman–Crippen MR) is 105 cm³/mol. The third-order valence-electron chi connectivity index (χ3n) is 4.84. The van der Waals surface area contributed by atoms with Crippen LogP contribution >= 0.6 is 22.9 Å². The van der Waals surface area contributed by atoms with Crippen molar-refractivity contribution in [3.8, 4) is 16.9 Å². The fourth-order valence-electron chi connectivity index (χ4n) is 3.56. The van der Waals surface area contributed by atoms with Crippen molar-refractivity contribution in [3.05, 3.63) is 45.9 Å². The molecule has 1 aliphatic rings. The highest BCUT2D eigenvalue weighted by molar-refractivity contribution is 7.19. The predicted octanol–water partition coefficient (Wildman–Crippen LogP) is 4.71. The molecule has 2 N–H and O–H groups in total. The summed E-state index contributed by atoms with van der Waals surface area (Å²) < 4.78 is 7.26. The fraction of sp³-hybridized carbons (Fsp3) is 0.350. The van der Waals surface area contributed by atoms with Crippen molar-refractivity contribution in [1.29, 1.82) is 0 Å². The molecule has 0 spiro atoms. The number of halogens is 1. The summed E-state index contributed by atoms with van der Waals surface area (Å²) in [4.78, 5) is 5.28. The molecule has 0 radical (unpaired) electrons. The summed E-state index contributed by atoms with van der Waals surface area (Å²) in [6, 6.07) is 7.64. The standard InChI is InChI=1S/C20H20ClNO3S/c1-11-7-12(21)8-15(19(11)25-18-4-2-3-17(18)24)14-5-6-22-16-9-13(10-23)26-20(14)16/h5-9,17-18,23-24H,2-4,10H2,1H3/t17-,18+/m0/s1. The van der Waals surface area contributed by atoms with E-state index in [0.29, 0.717) is 5.02 Å². The number of hydrogen-bond donors (Lipinski definition) is 2. The Balaban J connectivity index is 1.87. The summed E-state index contributed by atoms with van der Waals surface area (Å²) in [5, 5.41) is 20.3. The van der Waals surface area contributed by atoms with Gasteiger partial charge in [-0.05, 0) is 56.0 Å². The molecule has 4 nitrogen and oxygen atoms in total. The molecular formula is C20H20ClNO3S. The Morgan fingerprint density at radius 1 is 1.27 bits per heavy atom. The minimum atomic E-state index is -0.432. The molecule has 1 aliphatic carbocycles. The molecule has 0 unspecified atom stereocenters. The molecule has 6 heteroatoms. The average molecular weight is 390 g/mol. The van der Waals surface area contributed by atoms with Crippen LogP contribution in [0.25, 0.3) is 21.3 Å². The van der Waals surface area contributed by atoms with Crippen molar-refractivity contribution < 1.29 is 14.9 Å². The van der Waals surface area contributed by atoms with Crippen LogP contribution < -0.4 is 4.74 Å². The van der Waals surface area contributed by atoms with E-state index in [1.54, 1.807) is 6.20 Å². The summed E-state index contributed by atoms with van der Waals surface area (Å²) in [5.74, 6) is 0.756. The maximum absolute atomic E-state index is 10.2. The van der Waals surface area contributed by atoms with Crippen LogP contribution in [0.1, 0.15) is 29.7 Å². The van der Waals surface area contributed by atoms with E-state index in [0.717, 1.165) is 56.8 Å². The van der Waals surface area contributed by atoms with Crippen LogP contribution in [0.15, 0.2) is 30.5 Å². The first-order valence-corrected chi connectivity index (χ1v) is 9.90. The van der Waals surface area contributed by atoms with Gasteiger partial charge in [0.05, 0.1) is 22.9 Å². The van der Waals surface area contributed by atoms with Gasteiger partial charge in [-0.2, -0.15) is 0 Å². The number of aliphatic hydroxyl groups is 2. The first-order valence-electron chi connectivity index (χ1n) is 8.70. The topological polar surface area (TPSA) is 62.6 Å². The molecule has 0 saturated heterocycles. The van der Waals surface area contributed by atoms with Crippen molar-refractivity contribution >= 4 is 33.2 Å². The number of rotatable bonds is 4. The van der Waals surface area contributed by atoms with Gasteiger partial charge in [0.1, 0.15) is 11.9 Å². The number of aromatic nitrogens is 1. The molecule has 136 valence electrons. The number of pyridine rings is 1. The minimum absolute atomic E-state index is 0.00728. The highest BCUT2D eigenvalue weighted by Gasteiger charge is 2.28. The maximum Gasteiger partial charge on any atom is 0.130 e.